The van der Waals surface area contributed by atoms with Crippen LogP contribution in [-0.4, -0.2) is 48.0 Å². The minimum Gasteiger partial charge on any atom is -0.491 e. The summed E-state index contributed by atoms with van der Waals surface area (Å²) in [4.78, 5) is 4.28. The number of ether oxygens (including phenoxy) is 1. The van der Waals surface area contributed by atoms with E-state index in [9.17, 15) is 18.3 Å². The fourth-order valence-corrected chi connectivity index (χ4v) is 2.37. The van der Waals surface area contributed by atoms with Crippen LogP contribution >= 0.6 is 24.0 Å². The van der Waals surface area contributed by atoms with Gasteiger partial charge in [-0.25, -0.2) is 0 Å². The van der Waals surface area contributed by atoms with Gasteiger partial charge in [0.1, 0.15) is 18.5 Å². The molecular weight excluding hydrogens is 500 g/mol. The second-order valence-corrected chi connectivity index (χ2v) is 6.06. The van der Waals surface area contributed by atoms with E-state index < -0.39 is 17.8 Å². The van der Waals surface area contributed by atoms with E-state index in [4.69, 9.17) is 4.74 Å². The Balaban J connectivity index is 0.00000420. The number of guanidine groups is 1. The van der Waals surface area contributed by atoms with E-state index in [-0.39, 0.29) is 42.9 Å². The van der Waals surface area contributed by atoms with Gasteiger partial charge < -0.3 is 25.0 Å². The van der Waals surface area contributed by atoms with Crippen LogP contribution in [0.15, 0.2) is 53.8 Å². The van der Waals surface area contributed by atoms with Crippen molar-refractivity contribution in [3.63, 3.8) is 0 Å². The van der Waals surface area contributed by atoms with Crippen molar-refractivity contribution in [2.75, 3.05) is 26.2 Å². The van der Waals surface area contributed by atoms with Crippen molar-refractivity contribution in [3.05, 3.63) is 54.4 Å². The van der Waals surface area contributed by atoms with Crippen molar-refractivity contribution in [2.45, 2.75) is 25.7 Å². The van der Waals surface area contributed by atoms with Crippen molar-refractivity contribution >= 4 is 29.9 Å². The molecule has 1 unspecified atom stereocenters. The van der Waals surface area contributed by atoms with Gasteiger partial charge in [-0.15, -0.1) is 24.0 Å². The Labute approximate surface area is 185 Å². The molecule has 0 fully saturated rings. The summed E-state index contributed by atoms with van der Waals surface area (Å²) in [6.07, 6.45) is -1.47. The third-order valence-corrected chi connectivity index (χ3v) is 3.74. The number of aliphatic hydroxyl groups excluding tert-OH is 1. The molecule has 0 bridgehead atoms. The van der Waals surface area contributed by atoms with Gasteiger partial charge in [0.25, 0.3) is 0 Å². The summed E-state index contributed by atoms with van der Waals surface area (Å²) in [5, 5.41) is 16.2. The number of rotatable bonds is 9. The van der Waals surface area contributed by atoms with Gasteiger partial charge in [-0.2, -0.15) is 13.2 Å². The zero-order chi connectivity index (χ0) is 20.4. The second kappa shape index (κ2) is 12.6. The highest BCUT2D eigenvalue weighted by molar-refractivity contribution is 14.0. The van der Waals surface area contributed by atoms with E-state index in [0.717, 1.165) is 18.7 Å². The number of benzene rings is 1. The van der Waals surface area contributed by atoms with Gasteiger partial charge >= 0.3 is 6.18 Å². The summed E-state index contributed by atoms with van der Waals surface area (Å²) in [6.45, 7) is 3.89. The first-order chi connectivity index (χ1) is 13.4. The highest BCUT2D eigenvalue weighted by atomic mass is 127. The molecule has 162 valence electrons. The van der Waals surface area contributed by atoms with E-state index in [2.05, 4.69) is 15.6 Å². The second-order valence-electron chi connectivity index (χ2n) is 6.06. The minimum absolute atomic E-state index is 0. The smallest absolute Gasteiger partial charge is 0.416 e. The highest BCUT2D eigenvalue weighted by Gasteiger charge is 2.30. The van der Waals surface area contributed by atoms with Crippen LogP contribution < -0.4 is 15.4 Å². The lowest BCUT2D eigenvalue weighted by Crippen LogP contribution is -2.39. The summed E-state index contributed by atoms with van der Waals surface area (Å²) < 4.78 is 45.4. The van der Waals surface area contributed by atoms with Crippen LogP contribution in [0.1, 0.15) is 12.5 Å². The van der Waals surface area contributed by atoms with Crippen LogP contribution in [0.3, 0.4) is 0 Å². The minimum atomic E-state index is -4.44. The number of alkyl halides is 3. The van der Waals surface area contributed by atoms with Crippen molar-refractivity contribution < 1.29 is 23.0 Å². The predicted molar refractivity (Wildman–Crippen MR) is 117 cm³/mol. The van der Waals surface area contributed by atoms with E-state index in [1.165, 1.54) is 12.1 Å². The Morgan fingerprint density at radius 2 is 1.93 bits per heavy atom. The van der Waals surface area contributed by atoms with Crippen molar-refractivity contribution in [3.8, 4) is 5.75 Å². The number of aliphatic hydroxyl groups is 1. The molecule has 1 aromatic heterocycles. The Hall–Kier alpha value is -1.95. The lowest BCUT2D eigenvalue weighted by Gasteiger charge is -2.14. The highest BCUT2D eigenvalue weighted by Crippen LogP contribution is 2.31. The molecule has 0 amide bonds. The molecule has 1 aromatic carbocycles. The maximum Gasteiger partial charge on any atom is 0.416 e. The number of aromatic nitrogens is 1. The number of nitrogens with one attached hydrogen (secondary N) is 2. The van der Waals surface area contributed by atoms with Gasteiger partial charge in [0.05, 0.1) is 12.1 Å². The maximum atomic E-state index is 12.7. The van der Waals surface area contributed by atoms with E-state index in [1.54, 1.807) is 0 Å². The predicted octanol–water partition coefficient (Wildman–Crippen LogP) is 3.12. The largest absolute Gasteiger partial charge is 0.491 e. The molecule has 0 spiro atoms. The van der Waals surface area contributed by atoms with Crippen LogP contribution in [0.4, 0.5) is 13.2 Å². The molecule has 2 aromatic rings. The first kappa shape index (κ1) is 25.1. The van der Waals surface area contributed by atoms with E-state index in [0.29, 0.717) is 19.0 Å². The van der Waals surface area contributed by atoms with Gasteiger partial charge in [-0.3, -0.25) is 4.99 Å². The topological polar surface area (TPSA) is 70.8 Å². The third kappa shape index (κ3) is 9.39. The van der Waals surface area contributed by atoms with Crippen LogP contribution in [0.5, 0.6) is 5.75 Å². The molecule has 10 heteroatoms. The number of nitrogens with zero attached hydrogens (tertiary/aromatic N) is 2. The standard InChI is InChI=1S/C19H25F3N4O2.HI/c1-2-23-18(24-8-11-26-9-3-4-10-26)25-13-16(27)14-28-17-7-5-6-15(12-17)19(20,21)22;/h3-7,9-10,12,16,27H,2,8,11,13-14H2,1H3,(H2,23,24,25);1H. The summed E-state index contributed by atoms with van der Waals surface area (Å²) in [7, 11) is 0. The molecule has 3 N–H and O–H groups in total. The van der Waals surface area contributed by atoms with Gasteiger partial charge in [0.15, 0.2) is 5.96 Å². The van der Waals surface area contributed by atoms with E-state index in [1.807, 2.05) is 36.0 Å². The van der Waals surface area contributed by atoms with Gasteiger partial charge in [-0.05, 0) is 37.3 Å². The zero-order valence-corrected chi connectivity index (χ0v) is 18.4. The third-order valence-electron chi connectivity index (χ3n) is 3.74. The summed E-state index contributed by atoms with van der Waals surface area (Å²) >= 11 is 0. The summed E-state index contributed by atoms with van der Waals surface area (Å²) in [5.74, 6) is 0.599. The molecule has 1 heterocycles. The Morgan fingerprint density at radius 3 is 2.59 bits per heavy atom. The number of halogens is 4. The average molecular weight is 526 g/mol. The molecule has 0 aliphatic rings. The number of hydrogen-bond acceptors (Lipinski definition) is 3. The lowest BCUT2D eigenvalue weighted by atomic mass is 10.2. The molecule has 0 saturated heterocycles. The van der Waals surface area contributed by atoms with E-state index >= 15 is 0 Å². The van der Waals surface area contributed by atoms with Gasteiger partial charge in [0, 0.05) is 32.0 Å². The Bertz CT molecular complexity index is 739. The fourth-order valence-electron chi connectivity index (χ4n) is 2.37. The fraction of sp³-hybridized carbons (Fsp3) is 0.421. The van der Waals surface area contributed by atoms with Crippen molar-refractivity contribution in [1.82, 2.24) is 15.2 Å². The molecule has 1 atom stereocenters. The monoisotopic (exact) mass is 526 g/mol. The van der Waals surface area contributed by atoms with Gasteiger partial charge in [-0.1, -0.05) is 6.07 Å². The molecule has 0 aliphatic heterocycles. The van der Waals surface area contributed by atoms with Gasteiger partial charge in [0.2, 0.25) is 0 Å². The summed E-state index contributed by atoms with van der Waals surface area (Å²) in [6, 6.07) is 8.44. The molecule has 6 nitrogen and oxygen atoms in total. The summed E-state index contributed by atoms with van der Waals surface area (Å²) in [5.41, 5.74) is -0.793. The Morgan fingerprint density at radius 1 is 1.21 bits per heavy atom. The molecule has 2 rings (SSSR count). The quantitative estimate of drug-likeness (QED) is 0.267. The maximum absolute atomic E-state index is 12.7. The molecule has 29 heavy (non-hydrogen) atoms. The lowest BCUT2D eigenvalue weighted by molar-refractivity contribution is -0.137. The first-order valence-electron chi connectivity index (χ1n) is 8.99. The Kier molecular flexibility index (Phi) is 10.9. The molecule has 0 radical (unpaired) electrons. The first-order valence-corrected chi connectivity index (χ1v) is 8.99. The molecular formula is C19H26F3IN4O2. The van der Waals surface area contributed by atoms with Crippen molar-refractivity contribution in [2.24, 2.45) is 4.99 Å². The van der Waals surface area contributed by atoms with Crippen LogP contribution in [0.2, 0.25) is 0 Å². The van der Waals surface area contributed by atoms with Crippen LogP contribution in [0.25, 0.3) is 0 Å². The number of hydrogen-bond donors (Lipinski definition) is 3. The molecule has 0 aliphatic carbocycles. The normalized spacial score (nSPS) is 12.8. The SMILES string of the molecule is CCNC(=NCC(O)COc1cccc(C(F)(F)F)c1)NCCn1cccc1.I. The number of aliphatic imine (C=N–C) groups is 1. The zero-order valence-electron chi connectivity index (χ0n) is 16.0. The van der Waals surface area contributed by atoms with Crippen molar-refractivity contribution in [1.29, 1.82) is 0 Å². The van der Waals surface area contributed by atoms with Crippen LogP contribution in [-0.2, 0) is 12.7 Å². The average Bonchev–Trinajstić information content (AvgIpc) is 3.17. The molecule has 0 saturated carbocycles. The van der Waals surface area contributed by atoms with Crippen LogP contribution in [0, 0.1) is 0 Å².